The normalized spacial score (nSPS) is 19.9. The highest BCUT2D eigenvalue weighted by molar-refractivity contribution is 6.21. The number of hydrogen-bond acceptors (Lipinski definition) is 6. The molecule has 24 heavy (non-hydrogen) atoms. The minimum atomic E-state index is -0.808. The second-order valence-electron chi connectivity index (χ2n) is 5.99. The van der Waals surface area contributed by atoms with Gasteiger partial charge in [-0.2, -0.15) is 4.63 Å². The van der Waals surface area contributed by atoms with Crippen molar-refractivity contribution in [3.05, 3.63) is 35.4 Å². The second kappa shape index (κ2) is 5.45. The number of carbonyl (C=O) groups is 2. The molecule has 0 spiro atoms. The van der Waals surface area contributed by atoms with Gasteiger partial charge in [-0.15, -0.1) is 0 Å². The first-order valence-corrected chi connectivity index (χ1v) is 7.91. The van der Waals surface area contributed by atoms with Gasteiger partial charge in [0.1, 0.15) is 5.02 Å². The van der Waals surface area contributed by atoms with E-state index in [9.17, 15) is 14.7 Å². The van der Waals surface area contributed by atoms with Gasteiger partial charge in [0, 0.05) is 18.1 Å². The Bertz CT molecular complexity index is 732. The molecule has 0 aliphatic carbocycles. The van der Waals surface area contributed by atoms with Crippen molar-refractivity contribution in [1.82, 2.24) is 14.9 Å². The van der Waals surface area contributed by atoms with Crippen molar-refractivity contribution >= 4 is 11.8 Å². The van der Waals surface area contributed by atoms with Crippen molar-refractivity contribution in [1.29, 1.82) is 0 Å². The quantitative estimate of drug-likeness (QED) is 0.794. The molecule has 0 bridgehead atoms. The van der Waals surface area contributed by atoms with Gasteiger partial charge < -0.3 is 9.94 Å². The van der Waals surface area contributed by atoms with E-state index in [1.807, 2.05) is 5.01 Å². The number of rotatable bonds is 4. The summed E-state index contributed by atoms with van der Waals surface area (Å²) in [6.07, 6.45) is 0.217. The third-order valence-electron chi connectivity index (χ3n) is 4.37. The van der Waals surface area contributed by atoms with E-state index in [0.29, 0.717) is 37.1 Å². The highest BCUT2D eigenvalue weighted by Gasteiger charge is 2.40. The van der Waals surface area contributed by atoms with Crippen LogP contribution in [0.15, 0.2) is 28.9 Å². The third-order valence-corrected chi connectivity index (χ3v) is 4.37. The zero-order valence-electron chi connectivity index (χ0n) is 13.2. The van der Waals surface area contributed by atoms with Crippen LogP contribution < -0.4 is 9.85 Å². The van der Waals surface area contributed by atoms with Crippen LogP contribution in [-0.2, 0) is 0 Å². The van der Waals surface area contributed by atoms with Crippen LogP contribution in [0.2, 0.25) is 0 Å². The summed E-state index contributed by atoms with van der Waals surface area (Å²) in [5, 5.41) is 12.5. The number of hydrogen-bond donors (Lipinski definition) is 1. The smallest absolute Gasteiger partial charge is 0.264 e. The summed E-state index contributed by atoms with van der Waals surface area (Å²) in [5.74, 6) is -0.754. The summed E-state index contributed by atoms with van der Waals surface area (Å²) >= 11 is 0. The van der Waals surface area contributed by atoms with Gasteiger partial charge in [0.15, 0.2) is 0 Å². The van der Waals surface area contributed by atoms with Crippen molar-refractivity contribution < 1.29 is 24.2 Å². The lowest BCUT2D eigenvalue weighted by Gasteiger charge is -2.26. The van der Waals surface area contributed by atoms with Crippen LogP contribution in [0.5, 0.6) is 0 Å². The summed E-state index contributed by atoms with van der Waals surface area (Å²) < 4.78 is 5.21. The minimum absolute atomic E-state index is 0.284. The molecule has 1 aromatic carbocycles. The van der Waals surface area contributed by atoms with Crippen LogP contribution in [0.25, 0.3) is 0 Å². The number of imide groups is 1. The van der Waals surface area contributed by atoms with Crippen molar-refractivity contribution in [3.8, 4) is 0 Å². The Hall–Kier alpha value is -2.68. The van der Waals surface area contributed by atoms with Crippen LogP contribution >= 0.6 is 0 Å². The number of aromatic nitrogens is 2. The largest absolute Gasteiger partial charge is 0.393 e. The van der Waals surface area contributed by atoms with E-state index < -0.39 is 6.23 Å². The molecule has 9 nitrogen and oxygen atoms in total. The average Bonchev–Trinajstić information content (AvgIpc) is 3.29. The molecule has 4 rings (SSSR count). The fourth-order valence-electron chi connectivity index (χ4n) is 3.00. The van der Waals surface area contributed by atoms with E-state index in [1.165, 1.54) is 4.96 Å². The van der Waals surface area contributed by atoms with Crippen molar-refractivity contribution in [2.75, 3.05) is 18.1 Å². The lowest BCUT2D eigenvalue weighted by molar-refractivity contribution is -0.0575. The molecule has 128 valence electrons. The molecule has 0 radical (unpaired) electrons. The average molecular weight is 334 g/mol. The molecule has 9 heteroatoms. The topological polar surface area (TPSA) is 93.1 Å². The van der Waals surface area contributed by atoms with E-state index in [0.717, 1.165) is 9.92 Å². The Morgan fingerprint density at radius 1 is 1.17 bits per heavy atom. The van der Waals surface area contributed by atoms with Crippen LogP contribution in [0, 0.1) is 0 Å². The highest BCUT2D eigenvalue weighted by Crippen LogP contribution is 2.24. The first-order chi connectivity index (χ1) is 11.6. The number of piperidine rings is 1. The summed E-state index contributed by atoms with van der Waals surface area (Å²) in [6.45, 7) is 2.90. The van der Waals surface area contributed by atoms with E-state index in [4.69, 9.17) is 9.47 Å². The number of amides is 2. The van der Waals surface area contributed by atoms with Gasteiger partial charge in [0.2, 0.25) is 6.23 Å². The van der Waals surface area contributed by atoms with Gasteiger partial charge in [0.25, 0.3) is 11.8 Å². The van der Waals surface area contributed by atoms with Crippen molar-refractivity contribution in [2.24, 2.45) is 0 Å². The van der Waals surface area contributed by atoms with Gasteiger partial charge >= 0.3 is 0 Å². The first kappa shape index (κ1) is 14.9. The fourth-order valence-corrected chi connectivity index (χ4v) is 3.00. The van der Waals surface area contributed by atoms with E-state index >= 15 is 0 Å². The molecular weight excluding hydrogens is 316 g/mol. The molecular formula is C15H18N4O5. The monoisotopic (exact) mass is 334 g/mol. The van der Waals surface area contributed by atoms with E-state index in [1.54, 1.807) is 31.2 Å². The summed E-state index contributed by atoms with van der Waals surface area (Å²) in [5.41, 5.74) is 0.762. The number of carbonyl (C=O) groups excluding carboxylic acids is 2. The molecule has 2 aliphatic heterocycles. The number of nitrogens with zero attached hydrogens (tertiary/aromatic N) is 4. The zero-order valence-corrected chi connectivity index (χ0v) is 13.2. The zero-order chi connectivity index (χ0) is 16.8. The molecule has 1 unspecified atom stereocenters. The Kier molecular flexibility index (Phi) is 3.38. The Morgan fingerprint density at radius 2 is 1.75 bits per heavy atom. The number of benzene rings is 1. The molecule has 1 atom stereocenters. The summed E-state index contributed by atoms with van der Waals surface area (Å²) in [6, 6.07) is 6.70. The Morgan fingerprint density at radius 3 is 2.33 bits per heavy atom. The summed E-state index contributed by atoms with van der Waals surface area (Å²) in [7, 11) is 0. The molecule has 2 amide bonds. The van der Waals surface area contributed by atoms with Gasteiger partial charge in [0.05, 0.1) is 17.2 Å². The van der Waals surface area contributed by atoms with Crippen molar-refractivity contribution in [2.45, 2.75) is 32.1 Å². The van der Waals surface area contributed by atoms with E-state index in [2.05, 4.69) is 0 Å². The van der Waals surface area contributed by atoms with Gasteiger partial charge in [-0.05, 0) is 31.9 Å². The van der Waals surface area contributed by atoms with Crippen LogP contribution in [0.3, 0.4) is 0 Å². The van der Waals surface area contributed by atoms with Gasteiger partial charge in [-0.25, -0.2) is 4.90 Å². The standard InChI is InChI=1S/C15H18N4O5/c1-10(17-14(21)12-4-2-3-5-13(12)15(17)22)23-19-18(24-19)16-8-6-11(20)7-9-16/h2-5,10-11,20H,6-9H2,1H3. The fraction of sp³-hybridized carbons (Fsp3) is 0.467. The SMILES string of the molecule is CC(On1on1N1CCC(O)CC1)N1C(=O)c2ccccc2C1=O. The maximum atomic E-state index is 12.4. The molecule has 1 N–H and O–H groups in total. The second-order valence-corrected chi connectivity index (χ2v) is 5.99. The molecule has 2 aromatic rings. The van der Waals surface area contributed by atoms with Crippen LogP contribution in [0.1, 0.15) is 40.5 Å². The molecule has 3 heterocycles. The Labute approximate surface area is 137 Å². The van der Waals surface area contributed by atoms with Crippen LogP contribution in [0.4, 0.5) is 0 Å². The molecule has 1 aromatic heterocycles. The van der Waals surface area contributed by atoms with Crippen LogP contribution in [-0.4, -0.2) is 57.2 Å². The number of aliphatic hydroxyl groups excluding tert-OH is 1. The van der Waals surface area contributed by atoms with Crippen molar-refractivity contribution in [3.63, 3.8) is 0 Å². The Balaban J connectivity index is 1.43. The lowest BCUT2D eigenvalue weighted by atomic mass is 10.1. The maximum Gasteiger partial charge on any atom is 0.264 e. The van der Waals surface area contributed by atoms with E-state index in [-0.39, 0.29) is 17.9 Å². The number of aliphatic hydroxyl groups is 1. The minimum Gasteiger partial charge on any atom is -0.393 e. The van der Waals surface area contributed by atoms with Gasteiger partial charge in [-0.3, -0.25) is 14.6 Å². The summed E-state index contributed by atoms with van der Waals surface area (Å²) in [4.78, 5) is 32.8. The first-order valence-electron chi connectivity index (χ1n) is 7.91. The van der Waals surface area contributed by atoms with Gasteiger partial charge in [-0.1, -0.05) is 12.1 Å². The molecule has 2 aliphatic rings. The molecule has 1 fully saturated rings. The number of fused-ring (bicyclic) bond motifs is 1. The predicted octanol–water partition coefficient (Wildman–Crippen LogP) is 0.0461. The highest BCUT2D eigenvalue weighted by atomic mass is 17.0. The predicted molar refractivity (Wildman–Crippen MR) is 80.9 cm³/mol. The molecule has 1 saturated heterocycles. The molecule has 0 saturated carbocycles. The third kappa shape index (κ3) is 2.37. The lowest BCUT2D eigenvalue weighted by Crippen LogP contribution is -2.45. The maximum absolute atomic E-state index is 12.4.